The van der Waals surface area contributed by atoms with Gasteiger partial charge in [-0.25, -0.2) is 27.3 Å². The molecule has 424 valence electrons. The van der Waals surface area contributed by atoms with Crippen molar-refractivity contribution in [2.75, 3.05) is 21.3 Å². The molecule has 5 N–H and O–H groups in total. The van der Waals surface area contributed by atoms with Gasteiger partial charge in [0, 0.05) is 50.6 Å². The Kier molecular flexibility index (Phi) is 17.2. The van der Waals surface area contributed by atoms with Crippen LogP contribution < -0.4 is 21.3 Å². The molecule has 0 unspecified atom stereocenters. The van der Waals surface area contributed by atoms with Crippen LogP contribution in [0.1, 0.15) is 21.5 Å². The van der Waals surface area contributed by atoms with Gasteiger partial charge in [-0.3, -0.25) is 35.1 Å². The first kappa shape index (κ1) is 57.9. The minimum atomic E-state index is -0.681. The Morgan fingerprint density at radius 3 is 1.37 bits per heavy atom. The second-order valence-corrected chi connectivity index (χ2v) is 18.9. The van der Waals surface area contributed by atoms with Crippen LogP contribution >= 0.6 is 46.4 Å². The number of anilines is 7. The van der Waals surface area contributed by atoms with Crippen molar-refractivity contribution in [3.63, 3.8) is 0 Å². The van der Waals surface area contributed by atoms with Crippen LogP contribution in [0, 0.1) is 55.8 Å². The summed E-state index contributed by atoms with van der Waals surface area (Å²) in [5.74, 6) is -1.63. The molecule has 12 aromatic rings. The van der Waals surface area contributed by atoms with Crippen molar-refractivity contribution in [3.8, 4) is 5.75 Å². The molecule has 0 spiro atoms. The minimum Gasteiger partial charge on any atom is -0.506 e. The summed E-state index contributed by atoms with van der Waals surface area (Å²) in [5, 5.41) is 84.7. The van der Waals surface area contributed by atoms with Crippen LogP contribution in [-0.4, -0.2) is 67.0 Å². The van der Waals surface area contributed by atoms with Crippen molar-refractivity contribution >= 4 is 153 Å². The number of hydrogen-bond acceptors (Lipinski definition) is 23. The molecule has 0 radical (unpaired) electrons. The van der Waals surface area contributed by atoms with E-state index in [0.717, 1.165) is 35.0 Å². The predicted molar refractivity (Wildman–Crippen MR) is 302 cm³/mol. The number of aryl methyl sites for hydroxylation is 2. The summed E-state index contributed by atoms with van der Waals surface area (Å²) in [5.41, 5.74) is 5.60. The molecule has 84 heavy (non-hydrogen) atoms. The molecule has 0 bridgehead atoms. The number of benzene rings is 8. The van der Waals surface area contributed by atoms with Crippen LogP contribution in [0.3, 0.4) is 0 Å². The van der Waals surface area contributed by atoms with Gasteiger partial charge >= 0.3 is 17.1 Å². The van der Waals surface area contributed by atoms with Crippen molar-refractivity contribution in [1.82, 2.24) is 41.3 Å². The van der Waals surface area contributed by atoms with Crippen LogP contribution in [0.4, 0.5) is 65.7 Å². The molecule has 27 nitrogen and oxygen atoms in total. The number of fused-ring (bicyclic) bond motifs is 4. The van der Waals surface area contributed by atoms with Gasteiger partial charge in [-0.2, -0.15) is 0 Å². The van der Waals surface area contributed by atoms with Crippen LogP contribution in [0.25, 0.3) is 44.1 Å². The normalized spacial score (nSPS) is 10.8. The molecule has 1 amide bonds. The van der Waals surface area contributed by atoms with Gasteiger partial charge in [0.05, 0.1) is 53.9 Å². The molecule has 8 aromatic carbocycles. The average Bonchev–Trinajstić information content (AvgIpc) is 4.45. The number of rotatable bonds is 11. The van der Waals surface area contributed by atoms with Crippen LogP contribution in [-0.2, 0) is 0 Å². The quantitative estimate of drug-likeness (QED) is 0.0456. The zero-order valence-electron chi connectivity index (χ0n) is 42.2. The van der Waals surface area contributed by atoms with Gasteiger partial charge in [-0.1, -0.05) is 58.5 Å². The van der Waals surface area contributed by atoms with Crippen molar-refractivity contribution in [2.24, 2.45) is 0 Å². The highest BCUT2D eigenvalue weighted by Gasteiger charge is 2.24. The maximum atomic E-state index is 13.6. The molecule has 0 fully saturated rings. The van der Waals surface area contributed by atoms with Gasteiger partial charge in [-0.15, -0.1) is 0 Å². The molecule has 0 saturated heterocycles. The molecule has 0 atom stereocenters. The summed E-state index contributed by atoms with van der Waals surface area (Å²) < 4.78 is 45.0. The molecule has 0 saturated carbocycles. The van der Waals surface area contributed by atoms with Gasteiger partial charge in [0.2, 0.25) is 16.6 Å². The van der Waals surface area contributed by atoms with Crippen LogP contribution in [0.2, 0.25) is 20.1 Å². The second kappa shape index (κ2) is 24.9. The van der Waals surface area contributed by atoms with E-state index >= 15 is 0 Å². The van der Waals surface area contributed by atoms with E-state index in [4.69, 9.17) is 46.4 Å². The lowest BCUT2D eigenvalue weighted by Crippen LogP contribution is -2.13. The highest BCUT2D eigenvalue weighted by atomic mass is 35.5. The predicted octanol–water partition coefficient (Wildman–Crippen LogP) is 14.3. The van der Waals surface area contributed by atoms with Crippen molar-refractivity contribution in [1.29, 1.82) is 0 Å². The first-order valence-electron chi connectivity index (χ1n) is 23.4. The molecule has 4 aromatic heterocycles. The molecule has 0 aliphatic rings. The topological polar surface area (TPSA) is 371 Å². The summed E-state index contributed by atoms with van der Waals surface area (Å²) in [7, 11) is 0. The lowest BCUT2D eigenvalue weighted by atomic mass is 10.1. The fourth-order valence-electron chi connectivity index (χ4n) is 7.64. The molecular formula is C51H31Cl4F2N15O12. The van der Waals surface area contributed by atoms with E-state index in [1.807, 2.05) is 19.9 Å². The fraction of sp³-hybridized carbons (Fsp3) is 0.0392. The van der Waals surface area contributed by atoms with E-state index in [1.54, 1.807) is 48.5 Å². The summed E-state index contributed by atoms with van der Waals surface area (Å²) in [6.45, 7) is 3.75. The first-order valence-corrected chi connectivity index (χ1v) is 24.9. The van der Waals surface area contributed by atoms with Crippen molar-refractivity contribution < 1.29 is 52.0 Å². The van der Waals surface area contributed by atoms with Crippen LogP contribution in [0.15, 0.2) is 140 Å². The van der Waals surface area contributed by atoms with Gasteiger partial charge in [-0.05, 0) is 151 Å². The summed E-state index contributed by atoms with van der Waals surface area (Å²) >= 11 is 23.7. The van der Waals surface area contributed by atoms with E-state index < -0.39 is 26.4 Å². The highest BCUT2D eigenvalue weighted by Crippen LogP contribution is 2.37. The average molecular weight is 1230 g/mol. The fourth-order valence-corrected chi connectivity index (χ4v) is 8.34. The number of non-ortho nitro benzene ring substituents is 3. The summed E-state index contributed by atoms with van der Waals surface area (Å²) in [6.07, 6.45) is 0. The maximum absolute atomic E-state index is 13.6. The Morgan fingerprint density at radius 1 is 0.452 bits per heavy atom. The number of halogens is 6. The number of phenols is 1. The van der Waals surface area contributed by atoms with Gasteiger partial charge < -0.3 is 26.4 Å². The number of nitro groups is 3. The summed E-state index contributed by atoms with van der Waals surface area (Å²) in [6, 6.07) is 29.3. The van der Waals surface area contributed by atoms with E-state index in [-0.39, 0.29) is 67.7 Å². The molecule has 33 heteroatoms. The van der Waals surface area contributed by atoms with Gasteiger partial charge in [0.25, 0.3) is 5.91 Å². The van der Waals surface area contributed by atoms with Crippen molar-refractivity contribution in [3.05, 3.63) is 200 Å². The largest absolute Gasteiger partial charge is 0.506 e. The molecular weight excluding hydrogens is 1190 g/mol. The number of nitrogens with zero attached hydrogens (tertiary/aromatic N) is 11. The number of hydrogen-bond donors (Lipinski definition) is 5. The van der Waals surface area contributed by atoms with E-state index in [1.165, 1.54) is 48.5 Å². The minimum absolute atomic E-state index is 0.0199. The van der Waals surface area contributed by atoms with Crippen molar-refractivity contribution in [2.45, 2.75) is 13.8 Å². The first-order chi connectivity index (χ1) is 40.2. The number of carbonyl (C=O) groups is 1. The van der Waals surface area contributed by atoms with Gasteiger partial charge in [0.1, 0.15) is 17.4 Å². The molecule has 4 heterocycles. The second-order valence-electron chi connectivity index (χ2n) is 17.1. The zero-order chi connectivity index (χ0) is 59.9. The Bertz CT molecular complexity index is 4190. The Hall–Kier alpha value is -10.8. The Labute approximate surface area is 485 Å². The number of carbonyl (C=O) groups excluding carboxylic acids is 1. The monoisotopic (exact) mass is 1220 g/mol. The zero-order valence-corrected chi connectivity index (χ0v) is 45.2. The van der Waals surface area contributed by atoms with E-state index in [2.05, 4.69) is 81.0 Å². The smallest absolute Gasteiger partial charge is 0.300 e. The van der Waals surface area contributed by atoms with Crippen LogP contribution in [0.5, 0.6) is 5.75 Å². The van der Waals surface area contributed by atoms with E-state index in [9.17, 15) is 49.0 Å². The summed E-state index contributed by atoms with van der Waals surface area (Å²) in [4.78, 5) is 43.3. The number of aromatic nitrogens is 8. The SMILES string of the molecule is Cc1ccc(Cl)cc1C(=O)Nc1ccc(Cl)c2nonc12.Cc1ccc(Cl)cc1Nc1ccc([N+](=O)[O-])c2nonc12.O=[N+]([O-])c1ccc(Nc2cc(Cl)ccc2O)c2nonc12.O=[N+]([O-])c1ccc(Nc2cc(F)ccc2F)c2nonc12. The number of nitro benzene ring substituents is 3. The number of aromatic hydroxyl groups is 1. The number of phenolic OH excluding ortho intramolecular Hbond substituents is 1. The standard InChI is InChI=1S/C14H9Cl2N3O2.C13H9ClN4O3.C12H7ClN4O4.C12H6F2N4O3/c1-7-2-3-8(15)6-9(7)14(20)17-11-5-4-10(16)12-13(11)19-21-18-12;1-7-2-3-8(14)6-10(7)15-9-4-5-11(18(19)20)13-12(9)16-21-17-13;13-6-1-4-10(18)8(5-6)14-7-2-3-9(17(19)20)12-11(7)15-21-16-12;13-6-1-2-7(14)9(5-6)15-8-3-4-10(18(19)20)12-11(8)16-21-17-12/h2-6H,1H3,(H,17,20);2-6,15H,1H3;1-5,14,18H;1-5,15H. The third kappa shape index (κ3) is 12.9. The van der Waals surface area contributed by atoms with E-state index in [0.29, 0.717) is 65.0 Å². The van der Waals surface area contributed by atoms with Gasteiger partial charge in [0.15, 0.2) is 27.6 Å². The Morgan fingerprint density at radius 2 is 0.857 bits per heavy atom. The third-order valence-corrected chi connectivity index (χ3v) is 12.7. The Balaban J connectivity index is 0.000000134. The number of amides is 1. The maximum Gasteiger partial charge on any atom is 0.300 e. The highest BCUT2D eigenvalue weighted by molar-refractivity contribution is 6.35. The molecule has 0 aliphatic heterocycles. The number of nitrogens with one attached hydrogen (secondary N) is 4. The lowest BCUT2D eigenvalue weighted by Gasteiger charge is -2.09. The molecule has 0 aliphatic carbocycles. The third-order valence-electron chi connectivity index (χ3n) is 11.7. The molecule has 12 rings (SSSR count). The lowest BCUT2D eigenvalue weighted by molar-refractivity contribution is -0.383.